The number of nitrogens with zero attached hydrogens (tertiary/aromatic N) is 2. The molecule has 22 heavy (non-hydrogen) atoms. The van der Waals surface area contributed by atoms with Crippen LogP contribution in [0.5, 0.6) is 0 Å². The summed E-state index contributed by atoms with van der Waals surface area (Å²) in [5.74, 6) is 0.805. The Balaban J connectivity index is 1.50. The van der Waals surface area contributed by atoms with Gasteiger partial charge in [-0.2, -0.15) is 5.10 Å². The van der Waals surface area contributed by atoms with E-state index in [1.807, 2.05) is 28.3 Å². The minimum atomic E-state index is 0.0458. The van der Waals surface area contributed by atoms with Gasteiger partial charge < -0.3 is 5.32 Å². The maximum Gasteiger partial charge on any atom is 0.225 e. The predicted molar refractivity (Wildman–Crippen MR) is 91.5 cm³/mol. The summed E-state index contributed by atoms with van der Waals surface area (Å²) in [7, 11) is 0. The van der Waals surface area contributed by atoms with Crippen molar-refractivity contribution in [2.45, 2.75) is 25.8 Å². The van der Waals surface area contributed by atoms with Crippen molar-refractivity contribution in [2.75, 3.05) is 5.32 Å². The Labute approximate surface area is 137 Å². The highest BCUT2D eigenvalue weighted by molar-refractivity contribution is 7.10. The first kappa shape index (κ1) is 15.0. The van der Waals surface area contributed by atoms with Crippen LogP contribution in [0.15, 0.2) is 47.3 Å². The average Bonchev–Trinajstić information content (AvgIpc) is 3.23. The van der Waals surface area contributed by atoms with Crippen molar-refractivity contribution in [3.05, 3.63) is 57.0 Å². The highest BCUT2D eigenvalue weighted by Crippen LogP contribution is 2.15. The zero-order valence-corrected chi connectivity index (χ0v) is 13.7. The van der Waals surface area contributed by atoms with Gasteiger partial charge in [-0.3, -0.25) is 4.79 Å². The van der Waals surface area contributed by atoms with Crippen LogP contribution in [0.4, 0.5) is 5.82 Å². The molecule has 0 saturated heterocycles. The van der Waals surface area contributed by atoms with Crippen LogP contribution >= 0.6 is 22.7 Å². The molecule has 0 aliphatic carbocycles. The SMILES string of the molecule is O=C(CCCc1cccs1)Nc1ccnn1Cc1cccs1. The summed E-state index contributed by atoms with van der Waals surface area (Å²) in [4.78, 5) is 14.6. The third-order valence-corrected chi connectivity index (χ3v) is 5.07. The molecule has 3 rings (SSSR count). The summed E-state index contributed by atoms with van der Waals surface area (Å²) < 4.78 is 1.82. The molecule has 3 heterocycles. The summed E-state index contributed by atoms with van der Waals surface area (Å²) in [6.45, 7) is 0.690. The Morgan fingerprint density at radius 1 is 1.14 bits per heavy atom. The number of carbonyl (C=O) groups excluding carboxylic acids is 1. The zero-order chi connectivity index (χ0) is 15.2. The molecule has 114 valence electrons. The van der Waals surface area contributed by atoms with Gasteiger partial charge in [0, 0.05) is 22.2 Å². The standard InChI is InChI=1S/C16H17N3OS2/c20-16(7-1-4-13-5-2-10-21-13)18-15-8-9-17-19(15)12-14-6-3-11-22-14/h2-3,5-6,8-11H,1,4,7,12H2,(H,18,20). The molecule has 0 unspecified atom stereocenters. The molecule has 3 aromatic rings. The molecule has 0 aromatic carbocycles. The number of anilines is 1. The van der Waals surface area contributed by atoms with Gasteiger partial charge in [0.1, 0.15) is 5.82 Å². The van der Waals surface area contributed by atoms with Crippen molar-refractivity contribution < 1.29 is 4.79 Å². The molecule has 4 nitrogen and oxygen atoms in total. The zero-order valence-electron chi connectivity index (χ0n) is 12.1. The second kappa shape index (κ2) is 7.38. The topological polar surface area (TPSA) is 46.9 Å². The molecule has 0 radical (unpaired) electrons. The van der Waals surface area contributed by atoms with Gasteiger partial charge >= 0.3 is 0 Å². The maximum absolute atomic E-state index is 12.0. The van der Waals surface area contributed by atoms with Crippen molar-refractivity contribution in [3.8, 4) is 0 Å². The van der Waals surface area contributed by atoms with E-state index in [9.17, 15) is 4.79 Å². The largest absolute Gasteiger partial charge is 0.311 e. The van der Waals surface area contributed by atoms with Crippen LogP contribution in [0, 0.1) is 0 Å². The van der Waals surface area contributed by atoms with E-state index >= 15 is 0 Å². The Bertz CT molecular complexity index is 702. The molecular formula is C16H17N3OS2. The van der Waals surface area contributed by atoms with Gasteiger partial charge in [-0.1, -0.05) is 12.1 Å². The Morgan fingerprint density at radius 2 is 1.91 bits per heavy atom. The van der Waals surface area contributed by atoms with Crippen LogP contribution in [0.25, 0.3) is 0 Å². The fourth-order valence-corrected chi connectivity index (χ4v) is 3.64. The van der Waals surface area contributed by atoms with Crippen LogP contribution in [-0.4, -0.2) is 15.7 Å². The van der Waals surface area contributed by atoms with Crippen molar-refractivity contribution in [3.63, 3.8) is 0 Å². The number of nitrogens with one attached hydrogen (secondary N) is 1. The molecule has 0 saturated carbocycles. The van der Waals surface area contributed by atoms with Crippen molar-refractivity contribution in [2.24, 2.45) is 0 Å². The molecule has 0 fully saturated rings. The summed E-state index contributed by atoms with van der Waals surface area (Å²) in [6.07, 6.45) is 4.07. The van der Waals surface area contributed by atoms with E-state index in [1.165, 1.54) is 9.75 Å². The van der Waals surface area contributed by atoms with E-state index < -0.39 is 0 Å². The van der Waals surface area contributed by atoms with Gasteiger partial charge in [-0.25, -0.2) is 4.68 Å². The second-order valence-electron chi connectivity index (χ2n) is 4.93. The first-order valence-corrected chi connectivity index (χ1v) is 8.93. The van der Waals surface area contributed by atoms with Crippen molar-refractivity contribution in [1.29, 1.82) is 0 Å². The number of hydrogen-bond acceptors (Lipinski definition) is 4. The Hall–Kier alpha value is -1.92. The van der Waals surface area contributed by atoms with E-state index in [4.69, 9.17) is 0 Å². The van der Waals surface area contributed by atoms with E-state index in [2.05, 4.69) is 27.9 Å². The molecule has 1 amide bonds. The third-order valence-electron chi connectivity index (χ3n) is 3.28. The van der Waals surface area contributed by atoms with Gasteiger partial charge in [0.15, 0.2) is 0 Å². The number of aromatic nitrogens is 2. The lowest BCUT2D eigenvalue weighted by atomic mass is 10.2. The van der Waals surface area contributed by atoms with Gasteiger partial charge in [-0.15, -0.1) is 22.7 Å². The fourth-order valence-electron chi connectivity index (χ4n) is 2.20. The summed E-state index contributed by atoms with van der Waals surface area (Å²) >= 11 is 3.43. The predicted octanol–water partition coefficient (Wildman–Crippen LogP) is 4.02. The average molecular weight is 331 g/mol. The van der Waals surface area contributed by atoms with E-state index in [-0.39, 0.29) is 5.91 Å². The lowest BCUT2D eigenvalue weighted by Crippen LogP contribution is -2.15. The minimum absolute atomic E-state index is 0.0458. The fraction of sp³-hybridized carbons (Fsp3) is 0.250. The second-order valence-corrected chi connectivity index (χ2v) is 7.00. The molecular weight excluding hydrogens is 314 g/mol. The third kappa shape index (κ3) is 4.05. The molecule has 6 heteroatoms. The number of carbonyl (C=O) groups is 1. The monoisotopic (exact) mass is 331 g/mol. The number of hydrogen-bond donors (Lipinski definition) is 1. The number of amides is 1. The minimum Gasteiger partial charge on any atom is -0.311 e. The first-order valence-electron chi connectivity index (χ1n) is 7.18. The van der Waals surface area contributed by atoms with Gasteiger partial charge in [0.05, 0.1) is 12.7 Å². The molecule has 0 spiro atoms. The lowest BCUT2D eigenvalue weighted by Gasteiger charge is -2.08. The molecule has 0 aliphatic heterocycles. The van der Waals surface area contributed by atoms with Gasteiger partial charge in [0.2, 0.25) is 5.91 Å². The molecule has 0 aliphatic rings. The molecule has 0 atom stereocenters. The molecule has 1 N–H and O–H groups in total. The van der Waals surface area contributed by atoms with Crippen LogP contribution in [0.1, 0.15) is 22.6 Å². The van der Waals surface area contributed by atoms with Crippen LogP contribution in [-0.2, 0) is 17.8 Å². The van der Waals surface area contributed by atoms with Crippen LogP contribution in [0.3, 0.4) is 0 Å². The first-order chi connectivity index (χ1) is 10.8. The van der Waals surface area contributed by atoms with Gasteiger partial charge in [0.25, 0.3) is 0 Å². The van der Waals surface area contributed by atoms with Crippen LogP contribution < -0.4 is 5.32 Å². The highest BCUT2D eigenvalue weighted by atomic mass is 32.1. The number of thiophene rings is 2. The molecule has 3 aromatic heterocycles. The summed E-state index contributed by atoms with van der Waals surface area (Å²) in [5, 5.41) is 11.3. The normalized spacial score (nSPS) is 10.7. The summed E-state index contributed by atoms with van der Waals surface area (Å²) in [6, 6.07) is 10.1. The smallest absolute Gasteiger partial charge is 0.225 e. The molecule has 0 bridgehead atoms. The van der Waals surface area contributed by atoms with E-state index in [0.29, 0.717) is 13.0 Å². The Kier molecular flexibility index (Phi) is 5.03. The maximum atomic E-state index is 12.0. The summed E-state index contributed by atoms with van der Waals surface area (Å²) in [5.41, 5.74) is 0. The van der Waals surface area contributed by atoms with Gasteiger partial charge in [-0.05, 0) is 35.7 Å². The quantitative estimate of drug-likeness (QED) is 0.711. The van der Waals surface area contributed by atoms with Crippen molar-refractivity contribution >= 4 is 34.4 Å². The highest BCUT2D eigenvalue weighted by Gasteiger charge is 2.08. The lowest BCUT2D eigenvalue weighted by molar-refractivity contribution is -0.116. The number of aryl methyl sites for hydroxylation is 1. The van der Waals surface area contributed by atoms with E-state index in [0.717, 1.165) is 18.7 Å². The van der Waals surface area contributed by atoms with E-state index in [1.54, 1.807) is 28.9 Å². The van der Waals surface area contributed by atoms with Crippen LogP contribution in [0.2, 0.25) is 0 Å². The Morgan fingerprint density at radius 3 is 2.64 bits per heavy atom. The number of rotatable bonds is 7. The van der Waals surface area contributed by atoms with Crippen molar-refractivity contribution in [1.82, 2.24) is 9.78 Å².